The number of hydrogen-bond donors (Lipinski definition) is 2. The molecule has 0 heterocycles. The van der Waals surface area contributed by atoms with Crippen LogP contribution < -0.4 is 19.9 Å². The van der Waals surface area contributed by atoms with Crippen molar-refractivity contribution in [2.45, 2.75) is 39.3 Å². The molecule has 0 saturated carbocycles. The lowest BCUT2D eigenvalue weighted by molar-refractivity contribution is 0.132. The second-order valence-electron chi connectivity index (χ2n) is 6.18. The molecule has 0 aliphatic rings. The fourth-order valence-corrected chi connectivity index (χ4v) is 2.02. The van der Waals surface area contributed by atoms with Crippen molar-refractivity contribution in [2.24, 2.45) is 11.1 Å². The molecule has 0 aliphatic carbocycles. The SMILES string of the molecule is COc1cc([C@H](O)C[C@@H](N)C(C)(C)C)cc(OC)c1OC.Cl. The molecule has 3 N–H and O–H groups in total. The lowest BCUT2D eigenvalue weighted by Gasteiger charge is -2.29. The predicted octanol–water partition coefficient (Wildman–Crippen LogP) is 2.93. The first kappa shape index (κ1) is 20.8. The Balaban J connectivity index is 0.00000441. The van der Waals surface area contributed by atoms with E-state index in [-0.39, 0.29) is 23.9 Å². The largest absolute Gasteiger partial charge is 0.493 e. The summed E-state index contributed by atoms with van der Waals surface area (Å²) < 4.78 is 15.9. The van der Waals surface area contributed by atoms with Crippen LogP contribution in [0.1, 0.15) is 38.9 Å². The summed E-state index contributed by atoms with van der Waals surface area (Å²) in [6.07, 6.45) is -0.227. The number of aliphatic hydroxyl groups is 1. The number of halogens is 1. The van der Waals surface area contributed by atoms with Gasteiger partial charge in [0.2, 0.25) is 5.75 Å². The number of nitrogens with two attached hydrogens (primary N) is 1. The molecule has 0 unspecified atom stereocenters. The van der Waals surface area contributed by atoms with Gasteiger partial charge in [-0.25, -0.2) is 0 Å². The average Bonchev–Trinajstić information content (AvgIpc) is 2.44. The maximum atomic E-state index is 10.4. The molecule has 0 radical (unpaired) electrons. The first-order valence-electron chi connectivity index (χ1n) is 6.98. The van der Waals surface area contributed by atoms with E-state index in [0.29, 0.717) is 29.2 Å². The van der Waals surface area contributed by atoms with E-state index < -0.39 is 6.10 Å². The summed E-state index contributed by atoms with van der Waals surface area (Å²) in [5.74, 6) is 1.56. The van der Waals surface area contributed by atoms with Crippen LogP contribution in [0.3, 0.4) is 0 Å². The van der Waals surface area contributed by atoms with Crippen LogP contribution in [0.4, 0.5) is 0 Å². The van der Waals surface area contributed by atoms with Crippen LogP contribution in [0.25, 0.3) is 0 Å². The van der Waals surface area contributed by atoms with E-state index in [1.165, 1.54) is 0 Å². The van der Waals surface area contributed by atoms with Crippen molar-refractivity contribution in [3.05, 3.63) is 17.7 Å². The molecule has 5 nitrogen and oxygen atoms in total. The first-order valence-corrected chi connectivity index (χ1v) is 6.98. The third-order valence-corrected chi connectivity index (χ3v) is 3.66. The summed E-state index contributed by atoms with van der Waals surface area (Å²) in [6, 6.07) is 3.38. The maximum Gasteiger partial charge on any atom is 0.203 e. The molecule has 2 atom stereocenters. The topological polar surface area (TPSA) is 73.9 Å². The molecule has 0 aromatic heterocycles. The van der Waals surface area contributed by atoms with Crippen molar-refractivity contribution in [1.82, 2.24) is 0 Å². The highest BCUT2D eigenvalue weighted by Crippen LogP contribution is 2.40. The molecule has 6 heteroatoms. The van der Waals surface area contributed by atoms with Crippen molar-refractivity contribution >= 4 is 12.4 Å². The molecule has 1 rings (SSSR count). The maximum absolute atomic E-state index is 10.4. The Morgan fingerprint density at radius 1 is 1.05 bits per heavy atom. The van der Waals surface area contributed by atoms with Gasteiger partial charge in [0.05, 0.1) is 27.4 Å². The molecule has 0 aliphatic heterocycles. The highest BCUT2D eigenvalue weighted by atomic mass is 35.5. The summed E-state index contributed by atoms with van der Waals surface area (Å²) in [6.45, 7) is 6.17. The normalized spacial score (nSPS) is 13.8. The number of methoxy groups -OCH3 is 3. The van der Waals surface area contributed by atoms with Gasteiger partial charge in [-0.3, -0.25) is 0 Å². The Kier molecular flexibility index (Phi) is 8.01. The van der Waals surface area contributed by atoms with Gasteiger partial charge in [-0.15, -0.1) is 12.4 Å². The first-order chi connectivity index (χ1) is 9.74. The Labute approximate surface area is 139 Å². The fraction of sp³-hybridized carbons (Fsp3) is 0.625. The van der Waals surface area contributed by atoms with Gasteiger partial charge in [0.15, 0.2) is 11.5 Å². The fourth-order valence-electron chi connectivity index (χ4n) is 2.02. The average molecular weight is 334 g/mol. The van der Waals surface area contributed by atoms with Gasteiger partial charge < -0.3 is 25.1 Å². The monoisotopic (exact) mass is 333 g/mol. The second-order valence-corrected chi connectivity index (χ2v) is 6.18. The second kappa shape index (κ2) is 8.46. The van der Waals surface area contributed by atoms with E-state index in [0.717, 1.165) is 0 Å². The molecule has 1 aromatic rings. The molecular weight excluding hydrogens is 306 g/mol. The van der Waals surface area contributed by atoms with Crippen LogP contribution >= 0.6 is 12.4 Å². The minimum atomic E-state index is -0.687. The standard InChI is InChI=1S/C16H27NO4.ClH/c1-16(2,3)14(17)9-11(18)10-7-12(19-4)15(21-6)13(8-10)20-5;/h7-8,11,14,18H,9,17H2,1-6H3;1H/t11-,14-;/m1./s1. The minimum absolute atomic E-state index is 0. The van der Waals surface area contributed by atoms with E-state index >= 15 is 0 Å². The van der Waals surface area contributed by atoms with Crippen molar-refractivity contribution in [3.63, 3.8) is 0 Å². The summed E-state index contributed by atoms with van der Waals surface area (Å²) in [7, 11) is 4.65. The van der Waals surface area contributed by atoms with E-state index in [1.807, 2.05) is 0 Å². The Morgan fingerprint density at radius 2 is 1.50 bits per heavy atom. The molecule has 0 bridgehead atoms. The molecular formula is C16H28ClNO4. The Morgan fingerprint density at radius 3 is 1.82 bits per heavy atom. The smallest absolute Gasteiger partial charge is 0.203 e. The molecule has 1 aromatic carbocycles. The van der Waals surface area contributed by atoms with E-state index in [2.05, 4.69) is 20.8 Å². The number of hydrogen-bond acceptors (Lipinski definition) is 5. The highest BCUT2D eigenvalue weighted by molar-refractivity contribution is 5.85. The number of aliphatic hydroxyl groups excluding tert-OH is 1. The molecule has 0 saturated heterocycles. The van der Waals surface area contributed by atoms with Crippen molar-refractivity contribution in [2.75, 3.05) is 21.3 Å². The number of rotatable bonds is 6. The van der Waals surface area contributed by atoms with Gasteiger partial charge in [0.1, 0.15) is 0 Å². The zero-order valence-electron chi connectivity index (χ0n) is 14.2. The van der Waals surface area contributed by atoms with Crippen LogP contribution in [-0.2, 0) is 0 Å². The zero-order valence-corrected chi connectivity index (χ0v) is 15.0. The van der Waals surface area contributed by atoms with Crippen LogP contribution in [0, 0.1) is 5.41 Å². The van der Waals surface area contributed by atoms with Crippen molar-refractivity contribution in [1.29, 1.82) is 0 Å². The summed E-state index contributed by atoms with van der Waals surface area (Å²) in [4.78, 5) is 0. The zero-order chi connectivity index (χ0) is 16.2. The number of ether oxygens (including phenoxy) is 3. The van der Waals surface area contributed by atoms with Gasteiger partial charge in [-0.05, 0) is 29.5 Å². The molecule has 0 spiro atoms. The Bertz CT molecular complexity index is 449. The van der Waals surface area contributed by atoms with E-state index in [1.54, 1.807) is 33.5 Å². The summed E-state index contributed by atoms with van der Waals surface area (Å²) >= 11 is 0. The highest BCUT2D eigenvalue weighted by Gasteiger charge is 2.25. The lowest BCUT2D eigenvalue weighted by Crippen LogP contribution is -2.36. The van der Waals surface area contributed by atoms with E-state index in [4.69, 9.17) is 19.9 Å². The summed E-state index contributed by atoms with van der Waals surface area (Å²) in [5.41, 5.74) is 6.77. The van der Waals surface area contributed by atoms with Gasteiger partial charge >= 0.3 is 0 Å². The van der Waals surface area contributed by atoms with E-state index in [9.17, 15) is 5.11 Å². The number of benzene rings is 1. The van der Waals surface area contributed by atoms with Crippen LogP contribution in [0.5, 0.6) is 17.2 Å². The van der Waals surface area contributed by atoms with Crippen LogP contribution in [0.15, 0.2) is 12.1 Å². The third kappa shape index (κ3) is 4.93. The van der Waals surface area contributed by atoms with Gasteiger partial charge in [0, 0.05) is 6.04 Å². The third-order valence-electron chi connectivity index (χ3n) is 3.66. The molecule has 0 amide bonds. The van der Waals surface area contributed by atoms with Gasteiger partial charge in [0.25, 0.3) is 0 Å². The van der Waals surface area contributed by atoms with Gasteiger partial charge in [-0.1, -0.05) is 20.8 Å². The molecule has 0 fully saturated rings. The minimum Gasteiger partial charge on any atom is -0.493 e. The predicted molar refractivity (Wildman–Crippen MR) is 90.4 cm³/mol. The van der Waals surface area contributed by atoms with Gasteiger partial charge in [-0.2, -0.15) is 0 Å². The summed E-state index contributed by atoms with van der Waals surface area (Å²) in [5, 5.41) is 10.4. The quantitative estimate of drug-likeness (QED) is 0.837. The molecule has 22 heavy (non-hydrogen) atoms. The Hall–Kier alpha value is -1.17. The lowest BCUT2D eigenvalue weighted by atomic mass is 9.83. The van der Waals surface area contributed by atoms with Crippen molar-refractivity contribution in [3.8, 4) is 17.2 Å². The van der Waals surface area contributed by atoms with Crippen molar-refractivity contribution < 1.29 is 19.3 Å². The van der Waals surface area contributed by atoms with Crippen LogP contribution in [-0.4, -0.2) is 32.5 Å². The van der Waals surface area contributed by atoms with Crippen LogP contribution in [0.2, 0.25) is 0 Å². The molecule has 128 valence electrons.